The summed E-state index contributed by atoms with van der Waals surface area (Å²) in [4.78, 5) is 0. The average Bonchev–Trinajstić information content (AvgIpc) is 3.21. The van der Waals surface area contributed by atoms with Crippen LogP contribution in [0.1, 0.15) is 24.6 Å². The van der Waals surface area contributed by atoms with Crippen molar-refractivity contribution >= 4 is 0 Å². The molecule has 0 radical (unpaired) electrons. The summed E-state index contributed by atoms with van der Waals surface area (Å²) < 4.78 is 13.2. The molecule has 0 bridgehead atoms. The molecule has 100 valence electrons. The molecule has 1 heterocycles. The number of aromatic nitrogens is 1. The highest BCUT2D eigenvalue weighted by Crippen LogP contribution is 2.42. The van der Waals surface area contributed by atoms with Gasteiger partial charge in [0.15, 0.2) is 0 Å². The van der Waals surface area contributed by atoms with Crippen LogP contribution in [0, 0.1) is 6.92 Å². The zero-order valence-corrected chi connectivity index (χ0v) is 11.6. The fourth-order valence-corrected chi connectivity index (χ4v) is 2.60. The summed E-state index contributed by atoms with van der Waals surface area (Å²) in [5.41, 5.74) is 3.62. The van der Waals surface area contributed by atoms with Gasteiger partial charge in [0.25, 0.3) is 0 Å². The third kappa shape index (κ3) is 2.09. The predicted octanol–water partition coefficient (Wildman–Crippen LogP) is 3.82. The zero-order valence-electron chi connectivity index (χ0n) is 11.6. The summed E-state index contributed by atoms with van der Waals surface area (Å²) >= 11 is 0. The van der Waals surface area contributed by atoms with Gasteiger partial charge in [-0.1, -0.05) is 0 Å². The number of hydrogen-bond acceptors (Lipinski definition) is 2. The smallest absolute Gasteiger partial charge is 0.128 e. The fourth-order valence-electron chi connectivity index (χ4n) is 2.60. The first-order valence-corrected chi connectivity index (χ1v) is 6.65. The standard InChI is InChI=1S/C16H19NO2/c1-11-4-8-15(17(11)12-5-6-12)14-10-13(18-2)7-9-16(14)19-3/h4,7-10,12H,5-6H2,1-3H3. The normalized spacial score (nSPS) is 14.5. The van der Waals surface area contributed by atoms with Gasteiger partial charge in [0.2, 0.25) is 0 Å². The lowest BCUT2D eigenvalue weighted by Gasteiger charge is -2.14. The Kier molecular flexibility index (Phi) is 2.97. The maximum Gasteiger partial charge on any atom is 0.128 e. The van der Waals surface area contributed by atoms with Gasteiger partial charge in [0, 0.05) is 17.3 Å². The van der Waals surface area contributed by atoms with Crippen LogP contribution < -0.4 is 9.47 Å². The molecule has 0 saturated heterocycles. The molecular weight excluding hydrogens is 238 g/mol. The van der Waals surface area contributed by atoms with Crippen molar-refractivity contribution in [2.75, 3.05) is 14.2 Å². The van der Waals surface area contributed by atoms with E-state index in [1.54, 1.807) is 14.2 Å². The van der Waals surface area contributed by atoms with Crippen molar-refractivity contribution in [3.8, 4) is 22.8 Å². The lowest BCUT2D eigenvalue weighted by Crippen LogP contribution is -2.00. The summed E-state index contributed by atoms with van der Waals surface area (Å²) in [6, 6.07) is 10.9. The van der Waals surface area contributed by atoms with Gasteiger partial charge in [-0.05, 0) is 50.1 Å². The van der Waals surface area contributed by atoms with Gasteiger partial charge in [0.1, 0.15) is 11.5 Å². The molecule has 3 heteroatoms. The lowest BCUT2D eigenvalue weighted by molar-refractivity contribution is 0.404. The van der Waals surface area contributed by atoms with Crippen molar-refractivity contribution in [2.45, 2.75) is 25.8 Å². The molecule has 0 N–H and O–H groups in total. The summed E-state index contributed by atoms with van der Waals surface area (Å²) in [6.45, 7) is 2.16. The lowest BCUT2D eigenvalue weighted by atomic mass is 10.1. The Bertz CT molecular complexity index is 597. The SMILES string of the molecule is COc1ccc(OC)c(-c2ccc(C)n2C2CC2)c1. The number of rotatable bonds is 4. The topological polar surface area (TPSA) is 23.4 Å². The summed E-state index contributed by atoms with van der Waals surface area (Å²) in [5, 5.41) is 0. The Balaban J connectivity index is 2.15. The molecule has 3 nitrogen and oxygen atoms in total. The van der Waals surface area contributed by atoms with E-state index in [9.17, 15) is 0 Å². The maximum atomic E-state index is 5.49. The first kappa shape index (κ1) is 12.2. The van der Waals surface area contributed by atoms with E-state index in [2.05, 4.69) is 23.6 Å². The molecule has 2 aromatic rings. The molecule has 3 rings (SSSR count). The highest BCUT2D eigenvalue weighted by Gasteiger charge is 2.27. The van der Waals surface area contributed by atoms with Crippen LogP contribution in [0.3, 0.4) is 0 Å². The fraction of sp³-hybridized carbons (Fsp3) is 0.375. The first-order valence-electron chi connectivity index (χ1n) is 6.65. The summed E-state index contributed by atoms with van der Waals surface area (Å²) in [5.74, 6) is 1.75. The van der Waals surface area contributed by atoms with Crippen LogP contribution in [0.25, 0.3) is 11.3 Å². The quantitative estimate of drug-likeness (QED) is 0.831. The monoisotopic (exact) mass is 257 g/mol. The molecular formula is C16H19NO2. The molecule has 1 aromatic carbocycles. The van der Waals surface area contributed by atoms with Gasteiger partial charge >= 0.3 is 0 Å². The minimum atomic E-state index is 0.654. The molecule has 1 fully saturated rings. The molecule has 1 aliphatic carbocycles. The number of methoxy groups -OCH3 is 2. The summed E-state index contributed by atoms with van der Waals surface area (Å²) in [7, 11) is 3.40. The van der Waals surface area contributed by atoms with E-state index in [1.165, 1.54) is 24.2 Å². The van der Waals surface area contributed by atoms with Gasteiger partial charge in [-0.15, -0.1) is 0 Å². The van der Waals surface area contributed by atoms with Crippen LogP contribution in [0.5, 0.6) is 11.5 Å². The Hall–Kier alpha value is -1.90. The second kappa shape index (κ2) is 4.65. The Labute approximate surface area is 113 Å². The van der Waals surface area contributed by atoms with Crippen LogP contribution in [-0.2, 0) is 0 Å². The number of benzene rings is 1. The Morgan fingerprint density at radius 1 is 1.05 bits per heavy atom. The second-order valence-electron chi connectivity index (χ2n) is 5.03. The first-order chi connectivity index (χ1) is 9.24. The van der Waals surface area contributed by atoms with Gasteiger partial charge in [-0.3, -0.25) is 0 Å². The van der Waals surface area contributed by atoms with Crippen LogP contribution in [0.15, 0.2) is 30.3 Å². The molecule has 1 aromatic heterocycles. The van der Waals surface area contributed by atoms with Crippen molar-refractivity contribution < 1.29 is 9.47 Å². The Morgan fingerprint density at radius 3 is 2.47 bits per heavy atom. The second-order valence-corrected chi connectivity index (χ2v) is 5.03. The van der Waals surface area contributed by atoms with E-state index in [0.29, 0.717) is 6.04 Å². The van der Waals surface area contributed by atoms with Crippen molar-refractivity contribution in [3.63, 3.8) is 0 Å². The van der Waals surface area contributed by atoms with Crippen molar-refractivity contribution in [2.24, 2.45) is 0 Å². The zero-order chi connectivity index (χ0) is 13.4. The maximum absolute atomic E-state index is 5.49. The molecule has 1 aliphatic rings. The van der Waals surface area contributed by atoms with E-state index < -0.39 is 0 Å². The molecule has 0 aliphatic heterocycles. The number of ether oxygens (including phenoxy) is 2. The molecule has 0 amide bonds. The number of nitrogens with zero attached hydrogens (tertiary/aromatic N) is 1. The van der Waals surface area contributed by atoms with E-state index in [-0.39, 0.29) is 0 Å². The van der Waals surface area contributed by atoms with Crippen LogP contribution in [-0.4, -0.2) is 18.8 Å². The molecule has 0 spiro atoms. The van der Waals surface area contributed by atoms with E-state index in [1.807, 2.05) is 18.2 Å². The minimum Gasteiger partial charge on any atom is -0.497 e. The largest absolute Gasteiger partial charge is 0.497 e. The van der Waals surface area contributed by atoms with Gasteiger partial charge in [-0.25, -0.2) is 0 Å². The Morgan fingerprint density at radius 2 is 1.84 bits per heavy atom. The molecule has 1 saturated carbocycles. The van der Waals surface area contributed by atoms with Crippen molar-refractivity contribution in [3.05, 3.63) is 36.0 Å². The number of hydrogen-bond donors (Lipinski definition) is 0. The van der Waals surface area contributed by atoms with Crippen LogP contribution in [0.4, 0.5) is 0 Å². The third-order valence-electron chi connectivity index (χ3n) is 3.72. The van der Waals surface area contributed by atoms with E-state index >= 15 is 0 Å². The van der Waals surface area contributed by atoms with E-state index in [0.717, 1.165) is 17.1 Å². The average molecular weight is 257 g/mol. The molecule has 0 unspecified atom stereocenters. The number of aryl methyl sites for hydroxylation is 1. The molecule has 0 atom stereocenters. The van der Waals surface area contributed by atoms with Gasteiger partial charge in [-0.2, -0.15) is 0 Å². The highest BCUT2D eigenvalue weighted by atomic mass is 16.5. The predicted molar refractivity (Wildman–Crippen MR) is 76.0 cm³/mol. The van der Waals surface area contributed by atoms with E-state index in [4.69, 9.17) is 9.47 Å². The third-order valence-corrected chi connectivity index (χ3v) is 3.72. The molecule has 19 heavy (non-hydrogen) atoms. The van der Waals surface area contributed by atoms with Crippen LogP contribution >= 0.6 is 0 Å². The highest BCUT2D eigenvalue weighted by molar-refractivity contribution is 5.70. The van der Waals surface area contributed by atoms with Gasteiger partial charge < -0.3 is 14.0 Å². The van der Waals surface area contributed by atoms with Gasteiger partial charge in [0.05, 0.1) is 19.9 Å². The summed E-state index contributed by atoms with van der Waals surface area (Å²) in [6.07, 6.45) is 2.55. The van der Waals surface area contributed by atoms with Crippen molar-refractivity contribution in [1.29, 1.82) is 0 Å². The van der Waals surface area contributed by atoms with Crippen molar-refractivity contribution in [1.82, 2.24) is 4.57 Å². The van der Waals surface area contributed by atoms with Crippen LogP contribution in [0.2, 0.25) is 0 Å². The minimum absolute atomic E-state index is 0.654.